The van der Waals surface area contributed by atoms with Gasteiger partial charge in [-0.2, -0.15) is 0 Å². The summed E-state index contributed by atoms with van der Waals surface area (Å²) in [6, 6.07) is 16.7. The Morgan fingerprint density at radius 3 is 2.03 bits per heavy atom. The number of carbonyl (C=O) groups is 1. The van der Waals surface area contributed by atoms with E-state index >= 15 is 0 Å². The lowest BCUT2D eigenvalue weighted by Gasteiger charge is -2.39. The maximum absolute atomic E-state index is 13.5. The van der Waals surface area contributed by atoms with E-state index in [1.165, 1.54) is 24.3 Å². The largest absolute Gasteiger partial charge is 0.339 e. The fourth-order valence-corrected chi connectivity index (χ4v) is 4.83. The van der Waals surface area contributed by atoms with Crippen LogP contribution in [0.2, 0.25) is 0 Å². The lowest BCUT2D eigenvalue weighted by Crippen LogP contribution is -2.50. The molecule has 0 radical (unpaired) electrons. The Hall–Kier alpha value is -2.77. The second-order valence-electron chi connectivity index (χ2n) is 7.78. The third kappa shape index (κ3) is 5.72. The van der Waals surface area contributed by atoms with E-state index in [0.29, 0.717) is 31.9 Å². The molecule has 1 aliphatic heterocycles. The van der Waals surface area contributed by atoms with Crippen LogP contribution in [0.5, 0.6) is 0 Å². The number of piperazine rings is 1. The first-order valence-electron chi connectivity index (χ1n) is 10.6. The van der Waals surface area contributed by atoms with E-state index in [-0.39, 0.29) is 23.6 Å². The molecule has 0 aliphatic carbocycles. The average molecular weight is 454 g/mol. The summed E-state index contributed by atoms with van der Waals surface area (Å²) in [5.41, 5.74) is 3.01. The minimum Gasteiger partial charge on any atom is -0.339 e. The van der Waals surface area contributed by atoms with Gasteiger partial charge in [-0.3, -0.25) is 14.7 Å². The molecule has 4 nitrogen and oxygen atoms in total. The number of hydrogen-bond acceptors (Lipinski definition) is 4. The molecule has 7 heteroatoms. The van der Waals surface area contributed by atoms with E-state index in [0.717, 1.165) is 22.4 Å². The summed E-state index contributed by atoms with van der Waals surface area (Å²) in [6.45, 7) is 2.65. The van der Waals surface area contributed by atoms with Crippen molar-refractivity contribution < 1.29 is 13.6 Å². The minimum atomic E-state index is -0.286. The molecule has 0 N–H and O–H groups in total. The highest BCUT2D eigenvalue weighted by atomic mass is 32.2. The molecule has 1 saturated heterocycles. The first kappa shape index (κ1) is 22.4. The molecule has 166 valence electrons. The molecule has 1 fully saturated rings. The Kier molecular flexibility index (Phi) is 7.50. The molecule has 0 atom stereocenters. The maximum Gasteiger partial charge on any atom is 0.232 e. The number of benzene rings is 2. The van der Waals surface area contributed by atoms with Gasteiger partial charge in [0.25, 0.3) is 0 Å². The lowest BCUT2D eigenvalue weighted by molar-refractivity contribution is -0.130. The second kappa shape index (κ2) is 10.7. The Balaban J connectivity index is 1.38. The fourth-order valence-electron chi connectivity index (χ4n) is 3.96. The number of hydrogen-bond donors (Lipinski definition) is 0. The van der Waals surface area contributed by atoms with E-state index in [9.17, 15) is 13.6 Å². The Bertz CT molecular complexity index is 962. The van der Waals surface area contributed by atoms with Gasteiger partial charge in [0.05, 0.1) is 11.8 Å². The molecule has 0 saturated carbocycles. The van der Waals surface area contributed by atoms with Gasteiger partial charge in [0, 0.05) is 44.3 Å². The molecule has 4 rings (SSSR count). The van der Waals surface area contributed by atoms with Crippen molar-refractivity contribution in [3.63, 3.8) is 0 Å². The van der Waals surface area contributed by atoms with E-state index in [4.69, 9.17) is 0 Å². The molecule has 32 heavy (non-hydrogen) atoms. The molecule has 0 bridgehead atoms. The summed E-state index contributed by atoms with van der Waals surface area (Å²) >= 11 is 1.60. The van der Waals surface area contributed by atoms with Crippen molar-refractivity contribution in [2.45, 2.75) is 11.8 Å². The predicted octanol–water partition coefficient (Wildman–Crippen LogP) is 4.53. The standard InChI is InChI=1S/C25H25F2N3OS/c26-22-7-3-20(4-8-22)25(21-5-9-23(27)10-6-21)30-14-12-29(13-15-30)24(31)18-32-17-19-2-1-11-28-16-19/h1-11,16,25H,12-15,17-18H2. The van der Waals surface area contributed by atoms with E-state index in [2.05, 4.69) is 9.88 Å². The number of pyridine rings is 1. The first-order chi connectivity index (χ1) is 15.6. The number of carbonyl (C=O) groups excluding carboxylic acids is 1. The molecule has 2 heterocycles. The van der Waals surface area contributed by atoms with E-state index in [1.54, 1.807) is 42.2 Å². The zero-order valence-electron chi connectivity index (χ0n) is 17.7. The SMILES string of the molecule is O=C(CSCc1cccnc1)N1CCN(C(c2ccc(F)cc2)c2ccc(F)cc2)CC1. The molecular formula is C25H25F2N3OS. The van der Waals surface area contributed by atoms with Crippen LogP contribution in [0.25, 0.3) is 0 Å². The van der Waals surface area contributed by atoms with Crippen LogP contribution in [0.3, 0.4) is 0 Å². The van der Waals surface area contributed by atoms with Crippen molar-refractivity contribution in [3.8, 4) is 0 Å². The number of aromatic nitrogens is 1. The predicted molar refractivity (Wildman–Crippen MR) is 123 cm³/mol. The van der Waals surface area contributed by atoms with Crippen molar-refractivity contribution in [3.05, 3.63) is 101 Å². The van der Waals surface area contributed by atoms with E-state index < -0.39 is 0 Å². The molecule has 0 unspecified atom stereocenters. The van der Waals surface area contributed by atoms with Gasteiger partial charge in [-0.15, -0.1) is 11.8 Å². The molecule has 0 spiro atoms. The zero-order chi connectivity index (χ0) is 22.3. The summed E-state index contributed by atoms with van der Waals surface area (Å²) in [6.07, 6.45) is 3.56. The Labute approximate surface area is 191 Å². The number of nitrogens with zero attached hydrogens (tertiary/aromatic N) is 3. The van der Waals surface area contributed by atoms with Gasteiger partial charge in [0.2, 0.25) is 5.91 Å². The topological polar surface area (TPSA) is 36.4 Å². The lowest BCUT2D eigenvalue weighted by atomic mass is 9.96. The minimum absolute atomic E-state index is 0.117. The van der Waals surface area contributed by atoms with Crippen LogP contribution in [0, 0.1) is 11.6 Å². The summed E-state index contributed by atoms with van der Waals surface area (Å²) in [5, 5.41) is 0. The number of rotatable bonds is 7. The molecule has 1 aliphatic rings. The first-order valence-corrected chi connectivity index (χ1v) is 11.7. The summed E-state index contributed by atoms with van der Waals surface area (Å²) < 4.78 is 27.0. The van der Waals surface area contributed by atoms with Crippen LogP contribution in [0.15, 0.2) is 73.1 Å². The maximum atomic E-state index is 13.5. The van der Waals surface area contributed by atoms with Crippen molar-refractivity contribution in [1.82, 2.24) is 14.8 Å². The van der Waals surface area contributed by atoms with Gasteiger partial charge in [-0.1, -0.05) is 30.3 Å². The smallest absolute Gasteiger partial charge is 0.232 e. The molecule has 3 aromatic rings. The van der Waals surface area contributed by atoms with Gasteiger partial charge < -0.3 is 4.90 Å². The van der Waals surface area contributed by atoms with Crippen molar-refractivity contribution in [2.24, 2.45) is 0 Å². The van der Waals surface area contributed by atoms with E-state index in [1.807, 2.05) is 23.2 Å². The fraction of sp³-hybridized carbons (Fsp3) is 0.280. The van der Waals surface area contributed by atoms with Gasteiger partial charge >= 0.3 is 0 Å². The number of amides is 1. The summed E-state index contributed by atoms with van der Waals surface area (Å²) in [4.78, 5) is 20.9. The quantitative estimate of drug-likeness (QED) is 0.527. The van der Waals surface area contributed by atoms with Gasteiger partial charge in [-0.05, 0) is 47.0 Å². The Morgan fingerprint density at radius 1 is 0.906 bits per heavy atom. The summed E-state index contributed by atoms with van der Waals surface area (Å²) in [7, 11) is 0. The molecule has 1 aromatic heterocycles. The highest BCUT2D eigenvalue weighted by molar-refractivity contribution is 7.99. The highest BCUT2D eigenvalue weighted by Gasteiger charge is 2.28. The monoisotopic (exact) mass is 453 g/mol. The van der Waals surface area contributed by atoms with Gasteiger partial charge in [0.1, 0.15) is 11.6 Å². The van der Waals surface area contributed by atoms with Crippen LogP contribution in [0.4, 0.5) is 8.78 Å². The third-order valence-corrected chi connectivity index (χ3v) is 6.61. The highest BCUT2D eigenvalue weighted by Crippen LogP contribution is 2.30. The number of halogens is 2. The molecule has 1 amide bonds. The van der Waals surface area contributed by atoms with Gasteiger partial charge in [-0.25, -0.2) is 8.78 Å². The van der Waals surface area contributed by atoms with Crippen LogP contribution in [-0.4, -0.2) is 52.6 Å². The zero-order valence-corrected chi connectivity index (χ0v) is 18.5. The van der Waals surface area contributed by atoms with Crippen LogP contribution in [0.1, 0.15) is 22.7 Å². The van der Waals surface area contributed by atoms with Gasteiger partial charge in [0.15, 0.2) is 0 Å². The molecule has 2 aromatic carbocycles. The second-order valence-corrected chi connectivity index (χ2v) is 8.76. The Morgan fingerprint density at radius 2 is 1.50 bits per heavy atom. The summed E-state index contributed by atoms with van der Waals surface area (Å²) in [5.74, 6) is 0.764. The van der Waals surface area contributed by atoms with Crippen molar-refractivity contribution >= 4 is 17.7 Å². The normalized spacial score (nSPS) is 14.7. The van der Waals surface area contributed by atoms with Crippen molar-refractivity contribution in [1.29, 1.82) is 0 Å². The van der Waals surface area contributed by atoms with Crippen molar-refractivity contribution in [2.75, 3.05) is 31.9 Å². The number of thioether (sulfide) groups is 1. The third-order valence-electron chi connectivity index (χ3n) is 5.62. The van der Waals surface area contributed by atoms with Crippen LogP contribution in [-0.2, 0) is 10.5 Å². The van der Waals surface area contributed by atoms with Crippen LogP contribution < -0.4 is 0 Å². The average Bonchev–Trinajstić information content (AvgIpc) is 2.83. The van der Waals surface area contributed by atoms with Crippen LogP contribution >= 0.6 is 11.8 Å². The molecular weight excluding hydrogens is 428 g/mol.